The molecule has 2 aliphatic rings. The molecule has 5 rings (SSSR count). The summed E-state index contributed by atoms with van der Waals surface area (Å²) in [5.41, 5.74) is 3.76. The number of rotatable bonds is 8. The third kappa shape index (κ3) is 5.76. The van der Waals surface area contributed by atoms with Crippen molar-refractivity contribution in [2.45, 2.75) is 57.0 Å². The number of aromatic nitrogens is 1. The number of aryl methyl sites for hydroxylation is 2. The molecule has 1 fully saturated rings. The van der Waals surface area contributed by atoms with Gasteiger partial charge in [-0.2, -0.15) is 4.31 Å². The summed E-state index contributed by atoms with van der Waals surface area (Å²) >= 11 is 6.02. The van der Waals surface area contributed by atoms with E-state index < -0.39 is 10.0 Å². The quantitative estimate of drug-likeness (QED) is 0.374. The number of benzene rings is 2. The maximum Gasteiger partial charge on any atom is 0.248 e. The van der Waals surface area contributed by atoms with Crippen molar-refractivity contribution in [1.29, 1.82) is 0 Å². The van der Waals surface area contributed by atoms with Crippen LogP contribution in [0.3, 0.4) is 0 Å². The second kappa shape index (κ2) is 11.9. The molecule has 1 atom stereocenters. The van der Waals surface area contributed by atoms with Crippen LogP contribution in [0.5, 0.6) is 5.75 Å². The highest BCUT2D eigenvalue weighted by atomic mass is 35.5. The number of hydrogen-bond donors (Lipinski definition) is 0. The Morgan fingerprint density at radius 1 is 1.12 bits per heavy atom. The van der Waals surface area contributed by atoms with Crippen molar-refractivity contribution in [3.8, 4) is 17.0 Å². The van der Waals surface area contributed by atoms with Gasteiger partial charge in [0.05, 0.1) is 25.2 Å². The van der Waals surface area contributed by atoms with Gasteiger partial charge in [0.1, 0.15) is 23.8 Å². The van der Waals surface area contributed by atoms with Crippen molar-refractivity contribution in [2.24, 2.45) is 0 Å². The van der Waals surface area contributed by atoms with Crippen molar-refractivity contribution in [3.05, 3.63) is 63.9 Å². The number of carbonyl (C=O) groups is 1. The number of ether oxygens (including phenoxy) is 2. The van der Waals surface area contributed by atoms with Gasteiger partial charge in [0.25, 0.3) is 0 Å². The highest BCUT2D eigenvalue weighted by molar-refractivity contribution is 7.89. The number of methoxy groups -OCH3 is 1. The predicted octanol–water partition coefficient (Wildman–Crippen LogP) is 4.77. The zero-order chi connectivity index (χ0) is 28.4. The second-order valence-corrected chi connectivity index (χ2v) is 12.6. The molecule has 2 aliphatic heterocycles. The third-order valence-electron chi connectivity index (χ3n) is 7.64. The molecular weight excluding hydrogens is 554 g/mol. The maximum absolute atomic E-state index is 13.8. The van der Waals surface area contributed by atoms with Gasteiger partial charge in [-0.3, -0.25) is 4.79 Å². The Kier molecular flexibility index (Phi) is 8.51. The number of fused-ring (bicyclic) bond motifs is 1. The smallest absolute Gasteiger partial charge is 0.248 e. The van der Waals surface area contributed by atoms with Gasteiger partial charge in [-0.05, 0) is 62.1 Å². The van der Waals surface area contributed by atoms with E-state index in [2.05, 4.69) is 5.16 Å². The van der Waals surface area contributed by atoms with E-state index in [1.807, 2.05) is 12.1 Å². The Morgan fingerprint density at radius 2 is 1.85 bits per heavy atom. The second-order valence-electron chi connectivity index (χ2n) is 10.4. The third-order valence-corrected chi connectivity index (χ3v) is 10.2. The summed E-state index contributed by atoms with van der Waals surface area (Å²) in [6.07, 6.45) is 2.94. The van der Waals surface area contributed by atoms with Gasteiger partial charge in [0.2, 0.25) is 15.9 Å². The van der Waals surface area contributed by atoms with Crippen molar-refractivity contribution < 1.29 is 27.2 Å². The Hall–Kier alpha value is -2.92. The van der Waals surface area contributed by atoms with Gasteiger partial charge >= 0.3 is 0 Å². The minimum absolute atomic E-state index is 0.123. The fraction of sp³-hybridized carbons (Fsp3) is 0.448. The Bertz CT molecular complexity index is 1460. The molecule has 0 spiro atoms. The zero-order valence-electron chi connectivity index (χ0n) is 23.0. The highest BCUT2D eigenvalue weighted by Crippen LogP contribution is 2.33. The number of hydrogen-bond acceptors (Lipinski definition) is 7. The molecule has 3 heterocycles. The molecule has 0 aliphatic carbocycles. The largest absolute Gasteiger partial charge is 0.497 e. The molecule has 0 N–H and O–H groups in total. The molecule has 40 heavy (non-hydrogen) atoms. The molecule has 1 unspecified atom stereocenters. The summed E-state index contributed by atoms with van der Waals surface area (Å²) < 4.78 is 45.8. The van der Waals surface area contributed by atoms with Gasteiger partial charge in [0.15, 0.2) is 0 Å². The van der Waals surface area contributed by atoms with Crippen molar-refractivity contribution in [1.82, 2.24) is 14.4 Å². The number of nitrogens with zero attached hydrogens (tertiary/aromatic N) is 3. The number of carbonyl (C=O) groups excluding carboxylic acids is 1. The molecule has 0 bridgehead atoms. The molecule has 3 aromatic rings. The lowest BCUT2D eigenvalue weighted by atomic mass is 10.0. The molecule has 0 saturated carbocycles. The Morgan fingerprint density at radius 3 is 2.55 bits per heavy atom. The molecule has 1 aromatic heterocycles. The molecule has 9 nitrogen and oxygen atoms in total. The summed E-state index contributed by atoms with van der Waals surface area (Å²) in [5.74, 6) is 1.25. The van der Waals surface area contributed by atoms with Crippen molar-refractivity contribution in [3.63, 3.8) is 0 Å². The van der Waals surface area contributed by atoms with Crippen LogP contribution in [0.1, 0.15) is 41.7 Å². The van der Waals surface area contributed by atoms with Crippen LogP contribution in [0.25, 0.3) is 11.3 Å². The highest BCUT2D eigenvalue weighted by Gasteiger charge is 2.36. The van der Waals surface area contributed by atoms with Gasteiger partial charge in [-0.25, -0.2) is 8.42 Å². The maximum atomic E-state index is 13.8. The van der Waals surface area contributed by atoms with Crippen LogP contribution in [-0.2, 0) is 32.5 Å². The first-order valence-corrected chi connectivity index (χ1v) is 15.3. The van der Waals surface area contributed by atoms with Gasteiger partial charge < -0.3 is 18.9 Å². The van der Waals surface area contributed by atoms with Crippen LogP contribution < -0.4 is 4.74 Å². The van der Waals surface area contributed by atoms with E-state index in [0.29, 0.717) is 65.0 Å². The van der Waals surface area contributed by atoms with Gasteiger partial charge in [-0.1, -0.05) is 35.3 Å². The standard InChI is InChI=1S/C29H34ClN3O6S/c1-19-14-24(37-3)15-20(2)29(19)40(35,36)33-12-5-4-6-23(33)17-38-18-27(34)32-13-11-26-25(16-32)28(31-39-26)21-7-9-22(30)10-8-21/h7-10,14-15,23H,4-6,11-13,16-18H2,1-3H3. The zero-order valence-corrected chi connectivity index (χ0v) is 24.6. The Balaban J connectivity index is 1.23. The van der Waals surface area contributed by atoms with E-state index in [4.69, 9.17) is 25.6 Å². The van der Waals surface area contributed by atoms with E-state index >= 15 is 0 Å². The lowest BCUT2D eigenvalue weighted by Crippen LogP contribution is -2.47. The van der Waals surface area contributed by atoms with E-state index in [1.165, 1.54) is 0 Å². The first kappa shape index (κ1) is 28.6. The normalized spacial score (nSPS) is 18.0. The summed E-state index contributed by atoms with van der Waals surface area (Å²) in [6, 6.07) is 10.5. The average molecular weight is 588 g/mol. The van der Waals surface area contributed by atoms with Crippen LogP contribution in [-0.4, -0.2) is 68.1 Å². The number of amides is 1. The summed E-state index contributed by atoms with van der Waals surface area (Å²) in [5, 5.41) is 4.87. The molecule has 2 aromatic carbocycles. The van der Waals surface area contributed by atoms with Crippen LogP contribution in [0.4, 0.5) is 0 Å². The van der Waals surface area contributed by atoms with E-state index in [1.54, 1.807) is 54.4 Å². The van der Waals surface area contributed by atoms with E-state index in [9.17, 15) is 13.2 Å². The van der Waals surface area contributed by atoms with Crippen molar-refractivity contribution in [2.75, 3.05) is 33.4 Å². The van der Waals surface area contributed by atoms with Crippen molar-refractivity contribution >= 4 is 27.5 Å². The SMILES string of the molecule is COc1cc(C)c(S(=O)(=O)N2CCCCC2COCC(=O)N2CCc3onc(-c4ccc(Cl)cc4)c3C2)c(C)c1. The lowest BCUT2D eigenvalue weighted by Gasteiger charge is -2.35. The van der Waals surface area contributed by atoms with Crippen LogP contribution >= 0.6 is 11.6 Å². The summed E-state index contributed by atoms with van der Waals surface area (Å²) in [6.45, 7) is 4.90. The Labute approximate surface area is 240 Å². The topological polar surface area (TPSA) is 102 Å². The fourth-order valence-corrected chi connectivity index (χ4v) is 7.86. The summed E-state index contributed by atoms with van der Waals surface area (Å²) in [4.78, 5) is 15.1. The summed E-state index contributed by atoms with van der Waals surface area (Å²) in [7, 11) is -2.19. The van der Waals surface area contributed by atoms with Crippen LogP contribution in [0, 0.1) is 13.8 Å². The minimum atomic E-state index is -3.75. The fourth-order valence-electron chi connectivity index (χ4n) is 5.64. The van der Waals surface area contributed by atoms with E-state index in [0.717, 1.165) is 29.7 Å². The number of sulfonamides is 1. The first-order valence-electron chi connectivity index (χ1n) is 13.4. The van der Waals surface area contributed by atoms with Crippen LogP contribution in [0.15, 0.2) is 45.8 Å². The minimum Gasteiger partial charge on any atom is -0.497 e. The van der Waals surface area contributed by atoms with Crippen LogP contribution in [0.2, 0.25) is 5.02 Å². The van der Waals surface area contributed by atoms with Gasteiger partial charge in [0, 0.05) is 41.7 Å². The molecular formula is C29H34ClN3O6S. The number of piperidine rings is 1. The number of halogens is 1. The predicted molar refractivity (Wildman–Crippen MR) is 151 cm³/mol. The molecule has 1 amide bonds. The van der Waals surface area contributed by atoms with E-state index in [-0.39, 0.29) is 25.2 Å². The monoisotopic (exact) mass is 587 g/mol. The molecule has 1 saturated heterocycles. The average Bonchev–Trinajstić information content (AvgIpc) is 3.36. The molecule has 0 radical (unpaired) electrons. The molecule has 214 valence electrons. The first-order chi connectivity index (χ1) is 19.2. The lowest BCUT2D eigenvalue weighted by molar-refractivity contribution is -0.137. The molecule has 11 heteroatoms. The van der Waals surface area contributed by atoms with Gasteiger partial charge in [-0.15, -0.1) is 0 Å².